The van der Waals surface area contributed by atoms with Crippen molar-refractivity contribution >= 4 is 75.7 Å². The number of rotatable bonds is 3. The van der Waals surface area contributed by atoms with Crippen LogP contribution in [-0.2, 0) is 9.59 Å². The summed E-state index contributed by atoms with van der Waals surface area (Å²) in [5.74, 6) is -0.829. The van der Waals surface area contributed by atoms with Crippen LogP contribution in [0.15, 0.2) is 42.0 Å². The average Bonchev–Trinajstić information content (AvgIpc) is 2.62. The van der Waals surface area contributed by atoms with Crippen molar-refractivity contribution in [2.45, 2.75) is 0 Å². The largest absolute Gasteiger partial charge is 0.496 e. The normalized spacial score (nSPS) is 15.9. The van der Waals surface area contributed by atoms with Gasteiger partial charge in [0.25, 0.3) is 11.8 Å². The Labute approximate surface area is 175 Å². The van der Waals surface area contributed by atoms with Crippen molar-refractivity contribution in [3.8, 4) is 5.75 Å². The van der Waals surface area contributed by atoms with Crippen molar-refractivity contribution in [1.82, 2.24) is 5.32 Å². The van der Waals surface area contributed by atoms with Gasteiger partial charge in [0.05, 0.1) is 22.8 Å². The maximum absolute atomic E-state index is 13.0. The van der Waals surface area contributed by atoms with Crippen molar-refractivity contribution < 1.29 is 14.3 Å². The van der Waals surface area contributed by atoms with Crippen LogP contribution >= 0.6 is 47.0 Å². The summed E-state index contributed by atoms with van der Waals surface area (Å²) in [4.78, 5) is 26.5. The van der Waals surface area contributed by atoms with Gasteiger partial charge in [-0.3, -0.25) is 19.8 Å². The Morgan fingerprint density at radius 3 is 2.59 bits per heavy atom. The summed E-state index contributed by atoms with van der Waals surface area (Å²) in [5, 5.41) is 3.21. The lowest BCUT2D eigenvalue weighted by atomic mass is 10.1. The number of benzene rings is 2. The van der Waals surface area contributed by atoms with Gasteiger partial charge >= 0.3 is 0 Å². The summed E-state index contributed by atoms with van der Waals surface area (Å²) in [6.07, 6.45) is 1.38. The molecule has 0 bridgehead atoms. The van der Waals surface area contributed by atoms with Crippen LogP contribution in [-0.4, -0.2) is 24.0 Å². The lowest BCUT2D eigenvalue weighted by Gasteiger charge is -2.29. The molecule has 9 heteroatoms. The third-order valence-corrected chi connectivity index (χ3v) is 5.09. The fourth-order valence-electron chi connectivity index (χ4n) is 2.51. The molecule has 0 saturated carbocycles. The molecule has 1 heterocycles. The Bertz CT molecular complexity index is 1010. The molecule has 1 saturated heterocycles. The number of carbonyl (C=O) groups excluding carboxylic acids is 2. The fraction of sp³-hybridized carbons (Fsp3) is 0.0556. The first kappa shape index (κ1) is 19.6. The van der Waals surface area contributed by atoms with E-state index in [4.69, 9.17) is 51.8 Å². The highest BCUT2D eigenvalue weighted by atomic mass is 35.5. The first-order valence-corrected chi connectivity index (χ1v) is 9.06. The van der Waals surface area contributed by atoms with Gasteiger partial charge in [0.2, 0.25) is 0 Å². The summed E-state index contributed by atoms with van der Waals surface area (Å²) < 4.78 is 5.26. The molecule has 0 unspecified atom stereocenters. The Balaban J connectivity index is 2.11. The number of nitrogens with zero attached hydrogens (tertiary/aromatic N) is 1. The topological polar surface area (TPSA) is 58.6 Å². The van der Waals surface area contributed by atoms with Gasteiger partial charge < -0.3 is 4.74 Å². The van der Waals surface area contributed by atoms with E-state index in [0.29, 0.717) is 16.3 Å². The summed E-state index contributed by atoms with van der Waals surface area (Å²) in [7, 11) is 1.47. The predicted octanol–water partition coefficient (Wildman–Crippen LogP) is 4.49. The summed E-state index contributed by atoms with van der Waals surface area (Å²) in [6, 6.07) is 9.63. The molecule has 2 aromatic rings. The molecule has 1 aliphatic rings. The lowest BCUT2D eigenvalue weighted by molar-refractivity contribution is -0.122. The smallest absolute Gasteiger partial charge is 0.270 e. The molecule has 5 nitrogen and oxygen atoms in total. The summed E-state index contributed by atoms with van der Waals surface area (Å²) in [6.45, 7) is 0. The summed E-state index contributed by atoms with van der Waals surface area (Å²) >= 11 is 23.4. The van der Waals surface area contributed by atoms with Gasteiger partial charge in [-0.25, -0.2) is 0 Å². The zero-order valence-electron chi connectivity index (χ0n) is 13.8. The third-order valence-electron chi connectivity index (χ3n) is 3.77. The number of methoxy groups -OCH3 is 1. The molecule has 0 spiro atoms. The quantitative estimate of drug-likeness (QED) is 0.433. The highest BCUT2D eigenvalue weighted by Crippen LogP contribution is 2.35. The van der Waals surface area contributed by atoms with Crippen molar-refractivity contribution in [3.63, 3.8) is 0 Å². The fourth-order valence-corrected chi connectivity index (χ4v) is 3.35. The summed E-state index contributed by atoms with van der Waals surface area (Å²) in [5.41, 5.74) is 0.580. The molecule has 138 valence electrons. The van der Waals surface area contributed by atoms with Crippen LogP contribution in [0.1, 0.15) is 5.56 Å². The number of amides is 2. The predicted molar refractivity (Wildman–Crippen MR) is 111 cm³/mol. The van der Waals surface area contributed by atoms with E-state index in [0.717, 1.165) is 4.90 Å². The molecule has 3 rings (SSSR count). The van der Waals surface area contributed by atoms with Gasteiger partial charge in [0.1, 0.15) is 11.3 Å². The van der Waals surface area contributed by atoms with E-state index in [1.807, 2.05) is 0 Å². The van der Waals surface area contributed by atoms with E-state index in [2.05, 4.69) is 5.32 Å². The van der Waals surface area contributed by atoms with Crippen LogP contribution < -0.4 is 15.0 Å². The molecule has 2 amide bonds. The minimum absolute atomic E-state index is 0.0932. The molecule has 0 atom stereocenters. The molecule has 0 aliphatic carbocycles. The van der Waals surface area contributed by atoms with Crippen LogP contribution in [0.25, 0.3) is 6.08 Å². The molecule has 0 aromatic heterocycles. The highest BCUT2D eigenvalue weighted by Gasteiger charge is 2.35. The second-order valence-electron chi connectivity index (χ2n) is 5.42. The number of halogens is 3. The van der Waals surface area contributed by atoms with Gasteiger partial charge in [-0.15, -0.1) is 0 Å². The number of ether oxygens (including phenoxy) is 1. The lowest BCUT2D eigenvalue weighted by Crippen LogP contribution is -2.54. The molecule has 1 aliphatic heterocycles. The van der Waals surface area contributed by atoms with Gasteiger partial charge in [0.15, 0.2) is 5.11 Å². The minimum atomic E-state index is -0.644. The number of hydrogen-bond acceptors (Lipinski definition) is 4. The van der Waals surface area contributed by atoms with Gasteiger partial charge in [-0.1, -0.05) is 40.9 Å². The second-order valence-corrected chi connectivity index (χ2v) is 7.03. The number of anilines is 1. The van der Waals surface area contributed by atoms with Crippen LogP contribution in [0.2, 0.25) is 15.1 Å². The third kappa shape index (κ3) is 3.80. The Morgan fingerprint density at radius 1 is 1.15 bits per heavy atom. The van der Waals surface area contributed by atoms with Crippen LogP contribution in [0.4, 0.5) is 5.69 Å². The number of nitrogens with one attached hydrogen (secondary N) is 1. The zero-order valence-corrected chi connectivity index (χ0v) is 16.8. The molecule has 1 fully saturated rings. The first-order chi connectivity index (χ1) is 12.8. The van der Waals surface area contributed by atoms with Gasteiger partial charge in [-0.2, -0.15) is 0 Å². The Morgan fingerprint density at radius 2 is 1.89 bits per heavy atom. The van der Waals surface area contributed by atoms with Gasteiger partial charge in [0, 0.05) is 10.6 Å². The van der Waals surface area contributed by atoms with Crippen LogP contribution in [0.5, 0.6) is 5.75 Å². The van der Waals surface area contributed by atoms with Crippen molar-refractivity contribution in [2.75, 3.05) is 12.0 Å². The molecule has 1 N–H and O–H groups in total. The van der Waals surface area contributed by atoms with E-state index < -0.39 is 11.8 Å². The zero-order chi connectivity index (χ0) is 19.7. The van der Waals surface area contributed by atoms with Crippen molar-refractivity contribution in [1.29, 1.82) is 0 Å². The maximum Gasteiger partial charge on any atom is 0.270 e. The molecule has 2 aromatic carbocycles. The van der Waals surface area contributed by atoms with Gasteiger partial charge in [-0.05, 0) is 48.6 Å². The van der Waals surface area contributed by atoms with Crippen molar-refractivity contribution in [3.05, 3.63) is 62.6 Å². The van der Waals surface area contributed by atoms with E-state index in [1.54, 1.807) is 36.4 Å². The number of carbonyl (C=O) groups is 2. The standard InChI is InChI=1S/C18H11Cl3N2O3S/c1-26-14-6-5-10(19)7-9(14)8-11-16(24)22-18(27)23(17(11)25)13-4-2-3-12(20)15(13)21/h2-8H,1H3,(H,22,24,27). The molecular formula is C18H11Cl3N2O3S. The second kappa shape index (κ2) is 7.86. The molecular weight excluding hydrogens is 431 g/mol. The van der Waals surface area contributed by atoms with Crippen LogP contribution in [0.3, 0.4) is 0 Å². The van der Waals surface area contributed by atoms with E-state index >= 15 is 0 Å². The van der Waals surface area contributed by atoms with Crippen molar-refractivity contribution in [2.24, 2.45) is 0 Å². The van der Waals surface area contributed by atoms with Crippen LogP contribution in [0, 0.1) is 0 Å². The van der Waals surface area contributed by atoms with E-state index in [9.17, 15) is 9.59 Å². The SMILES string of the molecule is COc1ccc(Cl)cc1C=C1C(=O)NC(=S)N(c2cccc(Cl)c2Cl)C1=O. The highest BCUT2D eigenvalue weighted by molar-refractivity contribution is 7.80. The van der Waals surface area contributed by atoms with E-state index in [1.165, 1.54) is 13.2 Å². The number of thiocarbonyl (C=S) groups is 1. The maximum atomic E-state index is 13.0. The monoisotopic (exact) mass is 440 g/mol. The minimum Gasteiger partial charge on any atom is -0.496 e. The Kier molecular flexibility index (Phi) is 5.72. The van der Waals surface area contributed by atoms with E-state index in [-0.39, 0.29) is 26.4 Å². The molecule has 0 radical (unpaired) electrons. The number of hydrogen-bond donors (Lipinski definition) is 1. The first-order valence-electron chi connectivity index (χ1n) is 7.52. The average molecular weight is 442 g/mol. The molecule has 27 heavy (non-hydrogen) atoms. The Hall–Kier alpha value is -2.12.